The summed E-state index contributed by atoms with van der Waals surface area (Å²) in [4.78, 5) is 0. The highest BCUT2D eigenvalue weighted by Gasteiger charge is 2.08. The van der Waals surface area contributed by atoms with Gasteiger partial charge in [-0.25, -0.2) is 4.52 Å². The Hall–Kier alpha value is -1.84. The van der Waals surface area contributed by atoms with E-state index in [9.17, 15) is 0 Å². The van der Waals surface area contributed by atoms with Gasteiger partial charge in [0.1, 0.15) is 0 Å². The second kappa shape index (κ2) is 5.65. The lowest BCUT2D eigenvalue weighted by Gasteiger charge is -2.14. The zero-order valence-corrected chi connectivity index (χ0v) is 12.0. The minimum absolute atomic E-state index is 0.243. The van der Waals surface area contributed by atoms with Gasteiger partial charge in [-0.1, -0.05) is 29.8 Å². The minimum atomic E-state index is 0.243. The molecule has 1 atom stereocenters. The van der Waals surface area contributed by atoms with Gasteiger partial charge in [-0.3, -0.25) is 0 Å². The Morgan fingerprint density at radius 2 is 2.15 bits per heavy atom. The van der Waals surface area contributed by atoms with E-state index in [4.69, 9.17) is 11.6 Å². The van der Waals surface area contributed by atoms with Gasteiger partial charge in [-0.05, 0) is 36.8 Å². The van der Waals surface area contributed by atoms with Gasteiger partial charge >= 0.3 is 0 Å². The van der Waals surface area contributed by atoms with Crippen LogP contribution >= 0.6 is 11.6 Å². The highest BCUT2D eigenvalue weighted by Crippen LogP contribution is 2.18. The number of aromatic nitrogens is 2. The Kier molecular flexibility index (Phi) is 3.72. The first-order valence-electron chi connectivity index (χ1n) is 6.64. The predicted octanol–water partition coefficient (Wildman–Crippen LogP) is 3.84. The lowest BCUT2D eigenvalue weighted by Crippen LogP contribution is -2.17. The van der Waals surface area contributed by atoms with Gasteiger partial charge in [0.15, 0.2) is 0 Å². The summed E-state index contributed by atoms with van der Waals surface area (Å²) in [5.41, 5.74) is 3.52. The second-order valence-corrected chi connectivity index (χ2v) is 5.29. The van der Waals surface area contributed by atoms with Crippen LogP contribution in [0.1, 0.15) is 24.1 Å². The van der Waals surface area contributed by atoms with Gasteiger partial charge in [-0.15, -0.1) is 0 Å². The van der Waals surface area contributed by atoms with Crippen LogP contribution in [0, 0.1) is 0 Å². The molecule has 0 saturated heterocycles. The molecule has 1 N–H and O–H groups in total. The maximum absolute atomic E-state index is 6.03. The van der Waals surface area contributed by atoms with Crippen molar-refractivity contribution in [3.05, 3.63) is 71.0 Å². The van der Waals surface area contributed by atoms with Crippen LogP contribution in [0.2, 0.25) is 5.02 Å². The van der Waals surface area contributed by atoms with Crippen molar-refractivity contribution in [3.8, 4) is 0 Å². The molecule has 1 aromatic carbocycles. The second-order valence-electron chi connectivity index (χ2n) is 4.86. The molecule has 2 heterocycles. The van der Waals surface area contributed by atoms with Gasteiger partial charge in [0.05, 0.1) is 11.7 Å². The average molecular weight is 286 g/mol. The molecule has 0 amide bonds. The third kappa shape index (κ3) is 2.69. The lowest BCUT2D eigenvalue weighted by molar-refractivity contribution is 0.576. The van der Waals surface area contributed by atoms with E-state index in [1.165, 1.54) is 11.1 Å². The van der Waals surface area contributed by atoms with Crippen molar-refractivity contribution in [3.63, 3.8) is 0 Å². The van der Waals surface area contributed by atoms with E-state index in [0.717, 1.165) is 17.1 Å². The van der Waals surface area contributed by atoms with Gasteiger partial charge in [0.2, 0.25) is 0 Å². The molecule has 102 valence electrons. The topological polar surface area (TPSA) is 29.3 Å². The molecule has 0 fully saturated rings. The van der Waals surface area contributed by atoms with E-state index in [-0.39, 0.29) is 6.04 Å². The quantitative estimate of drug-likeness (QED) is 0.789. The first-order valence-corrected chi connectivity index (χ1v) is 7.02. The molecule has 4 heteroatoms. The fourth-order valence-corrected chi connectivity index (χ4v) is 2.48. The Morgan fingerprint density at radius 3 is 3.00 bits per heavy atom. The molecule has 0 aliphatic heterocycles. The summed E-state index contributed by atoms with van der Waals surface area (Å²) < 4.78 is 1.89. The van der Waals surface area contributed by atoms with Crippen LogP contribution in [0.15, 0.2) is 54.9 Å². The molecule has 3 nitrogen and oxygen atoms in total. The summed E-state index contributed by atoms with van der Waals surface area (Å²) >= 11 is 6.03. The number of benzene rings is 1. The van der Waals surface area contributed by atoms with Crippen LogP contribution in [0.3, 0.4) is 0 Å². The third-order valence-corrected chi connectivity index (χ3v) is 3.69. The molecule has 2 aromatic heterocycles. The lowest BCUT2D eigenvalue weighted by atomic mass is 10.1. The number of halogens is 1. The standard InChI is InChI=1S/C16H16ClN3/c1-12(13-5-4-6-15(17)9-13)18-10-14-11-19-20-8-3-2-7-16(14)20/h2-9,11-12,18H,10H2,1H3/t12-/m0/s1. The largest absolute Gasteiger partial charge is 0.306 e. The molecular weight excluding hydrogens is 270 g/mol. The smallest absolute Gasteiger partial charge is 0.0706 e. The first-order chi connectivity index (χ1) is 9.74. The summed E-state index contributed by atoms with van der Waals surface area (Å²) in [5.74, 6) is 0. The molecule has 0 saturated carbocycles. The Balaban J connectivity index is 1.73. The van der Waals surface area contributed by atoms with E-state index >= 15 is 0 Å². The first kappa shape index (κ1) is 13.2. The van der Waals surface area contributed by atoms with Gasteiger partial charge in [0.25, 0.3) is 0 Å². The van der Waals surface area contributed by atoms with Crippen molar-refractivity contribution in [2.45, 2.75) is 19.5 Å². The Morgan fingerprint density at radius 1 is 1.25 bits per heavy atom. The monoisotopic (exact) mass is 285 g/mol. The van der Waals surface area contributed by atoms with E-state index in [0.29, 0.717) is 0 Å². The van der Waals surface area contributed by atoms with E-state index in [1.807, 2.05) is 47.2 Å². The molecular formula is C16H16ClN3. The fourth-order valence-electron chi connectivity index (χ4n) is 2.28. The van der Waals surface area contributed by atoms with E-state index < -0.39 is 0 Å². The zero-order valence-electron chi connectivity index (χ0n) is 11.3. The highest BCUT2D eigenvalue weighted by atomic mass is 35.5. The summed E-state index contributed by atoms with van der Waals surface area (Å²) in [7, 11) is 0. The van der Waals surface area contributed by atoms with E-state index in [1.54, 1.807) is 0 Å². The third-order valence-electron chi connectivity index (χ3n) is 3.45. The zero-order chi connectivity index (χ0) is 13.9. The molecule has 3 aromatic rings. The normalized spacial score (nSPS) is 12.7. The predicted molar refractivity (Wildman–Crippen MR) is 81.9 cm³/mol. The Bertz CT molecular complexity index is 720. The van der Waals surface area contributed by atoms with Crippen LogP contribution in [0.4, 0.5) is 0 Å². The van der Waals surface area contributed by atoms with Crippen LogP contribution in [-0.2, 0) is 6.54 Å². The van der Waals surface area contributed by atoms with Crippen LogP contribution in [0.25, 0.3) is 5.52 Å². The molecule has 0 aliphatic carbocycles. The average Bonchev–Trinajstić information content (AvgIpc) is 2.88. The fraction of sp³-hybridized carbons (Fsp3) is 0.188. The maximum Gasteiger partial charge on any atom is 0.0706 e. The molecule has 3 rings (SSSR count). The molecule has 0 unspecified atom stereocenters. The number of pyridine rings is 1. The van der Waals surface area contributed by atoms with Gasteiger partial charge < -0.3 is 5.32 Å². The SMILES string of the molecule is C[C@H](NCc1cnn2ccccc12)c1cccc(Cl)c1. The Labute approximate surface area is 123 Å². The van der Waals surface area contributed by atoms with E-state index in [2.05, 4.69) is 29.5 Å². The van der Waals surface area contributed by atoms with Crippen molar-refractivity contribution in [1.82, 2.24) is 14.9 Å². The molecule has 20 heavy (non-hydrogen) atoms. The number of hydrogen-bond donors (Lipinski definition) is 1. The number of rotatable bonds is 4. The number of fused-ring (bicyclic) bond motifs is 1. The van der Waals surface area contributed by atoms with Crippen LogP contribution < -0.4 is 5.32 Å². The van der Waals surface area contributed by atoms with Gasteiger partial charge in [-0.2, -0.15) is 5.10 Å². The molecule has 0 bridgehead atoms. The molecule has 0 spiro atoms. The van der Waals surface area contributed by atoms with Crippen LogP contribution in [-0.4, -0.2) is 9.61 Å². The van der Waals surface area contributed by atoms with Crippen LogP contribution in [0.5, 0.6) is 0 Å². The minimum Gasteiger partial charge on any atom is -0.306 e. The van der Waals surface area contributed by atoms with Crippen molar-refractivity contribution in [2.75, 3.05) is 0 Å². The molecule has 0 radical (unpaired) electrons. The molecule has 0 aliphatic rings. The summed E-state index contributed by atoms with van der Waals surface area (Å²) in [6, 6.07) is 14.3. The number of nitrogens with zero attached hydrogens (tertiary/aromatic N) is 2. The van der Waals surface area contributed by atoms with Crippen molar-refractivity contribution < 1.29 is 0 Å². The number of nitrogens with one attached hydrogen (secondary N) is 1. The maximum atomic E-state index is 6.03. The summed E-state index contributed by atoms with van der Waals surface area (Å²) in [6.07, 6.45) is 3.87. The summed E-state index contributed by atoms with van der Waals surface area (Å²) in [5, 5.41) is 8.62. The van der Waals surface area contributed by atoms with Crippen molar-refractivity contribution >= 4 is 17.1 Å². The summed E-state index contributed by atoms with van der Waals surface area (Å²) in [6.45, 7) is 2.92. The van der Waals surface area contributed by atoms with Crippen molar-refractivity contribution in [2.24, 2.45) is 0 Å². The number of hydrogen-bond acceptors (Lipinski definition) is 2. The van der Waals surface area contributed by atoms with Crippen molar-refractivity contribution in [1.29, 1.82) is 0 Å². The van der Waals surface area contributed by atoms with Gasteiger partial charge in [0, 0.05) is 29.4 Å². The highest BCUT2D eigenvalue weighted by molar-refractivity contribution is 6.30.